The number of nitrogens with zero attached hydrogens (tertiary/aromatic N) is 2. The average Bonchev–Trinajstić information content (AvgIpc) is 3.04. The SMILES string of the molecule is CC(C)(C)OC(=O)n1c(C#N)ccc1-c1ccc2c(c1)C(C)(CC=O)OC(=O)N2. The summed E-state index contributed by atoms with van der Waals surface area (Å²) in [7, 11) is 0. The van der Waals surface area contributed by atoms with Crippen LogP contribution < -0.4 is 5.32 Å². The van der Waals surface area contributed by atoms with Crippen molar-refractivity contribution in [2.75, 3.05) is 5.32 Å². The molecular formula is C21H21N3O5. The fourth-order valence-electron chi connectivity index (χ4n) is 3.21. The number of fused-ring (bicyclic) bond motifs is 1. The number of hydrogen-bond donors (Lipinski definition) is 1. The molecule has 1 N–H and O–H groups in total. The molecule has 0 fully saturated rings. The maximum Gasteiger partial charge on any atom is 0.420 e. The van der Waals surface area contributed by atoms with Crippen LogP contribution in [0.4, 0.5) is 15.3 Å². The Labute approximate surface area is 168 Å². The fourth-order valence-corrected chi connectivity index (χ4v) is 3.21. The van der Waals surface area contributed by atoms with Gasteiger partial charge in [0.15, 0.2) is 0 Å². The van der Waals surface area contributed by atoms with Crippen LogP contribution >= 0.6 is 0 Å². The molecule has 0 radical (unpaired) electrons. The second-order valence-electron chi connectivity index (χ2n) is 7.91. The molecule has 0 bridgehead atoms. The van der Waals surface area contributed by atoms with E-state index in [1.807, 2.05) is 6.07 Å². The summed E-state index contributed by atoms with van der Waals surface area (Å²) in [5.74, 6) is 0. The van der Waals surface area contributed by atoms with Gasteiger partial charge in [-0.05, 0) is 57.5 Å². The lowest BCUT2D eigenvalue weighted by Gasteiger charge is -2.34. The van der Waals surface area contributed by atoms with Gasteiger partial charge in [0, 0.05) is 12.0 Å². The van der Waals surface area contributed by atoms with Gasteiger partial charge in [-0.2, -0.15) is 5.26 Å². The van der Waals surface area contributed by atoms with Crippen molar-refractivity contribution in [1.29, 1.82) is 5.26 Å². The standard InChI is InChI=1S/C21H21N3O5/c1-20(2,3)29-19(27)24-14(12-22)6-8-17(24)13-5-7-16-15(11-13)21(4,9-10-25)28-18(26)23-16/h5-8,10-11H,9H2,1-4H3,(H,23,26). The van der Waals surface area contributed by atoms with Gasteiger partial charge >= 0.3 is 12.2 Å². The van der Waals surface area contributed by atoms with E-state index in [4.69, 9.17) is 9.47 Å². The first-order chi connectivity index (χ1) is 13.6. The summed E-state index contributed by atoms with van der Waals surface area (Å²) in [4.78, 5) is 35.7. The van der Waals surface area contributed by atoms with Crippen LogP contribution in [-0.4, -0.2) is 28.6 Å². The molecule has 1 aliphatic rings. The lowest BCUT2D eigenvalue weighted by molar-refractivity contribution is -0.112. The molecule has 1 unspecified atom stereocenters. The highest BCUT2D eigenvalue weighted by atomic mass is 16.6. The predicted molar refractivity (Wildman–Crippen MR) is 104 cm³/mol. The van der Waals surface area contributed by atoms with E-state index >= 15 is 0 Å². The maximum atomic E-state index is 12.7. The van der Waals surface area contributed by atoms with E-state index in [1.165, 1.54) is 10.6 Å². The molecule has 1 aliphatic heterocycles. The number of amides is 1. The highest BCUT2D eigenvalue weighted by Crippen LogP contribution is 2.40. The van der Waals surface area contributed by atoms with Gasteiger partial charge in [0.1, 0.15) is 29.3 Å². The highest BCUT2D eigenvalue weighted by Gasteiger charge is 2.38. The summed E-state index contributed by atoms with van der Waals surface area (Å²) in [5, 5.41) is 12.0. The Balaban J connectivity index is 2.13. The van der Waals surface area contributed by atoms with Gasteiger partial charge in [-0.25, -0.2) is 14.2 Å². The minimum absolute atomic E-state index is 0.0204. The van der Waals surface area contributed by atoms with Crippen LogP contribution in [0.1, 0.15) is 45.4 Å². The second-order valence-corrected chi connectivity index (χ2v) is 7.91. The number of benzene rings is 1. The number of anilines is 1. The third-order valence-corrected chi connectivity index (χ3v) is 4.48. The number of hydrogen-bond acceptors (Lipinski definition) is 6. The molecule has 0 saturated carbocycles. The lowest BCUT2D eigenvalue weighted by atomic mass is 9.88. The second kappa shape index (κ2) is 7.09. The van der Waals surface area contributed by atoms with Crippen LogP contribution in [0.25, 0.3) is 11.3 Å². The minimum atomic E-state index is -1.14. The normalized spacial score (nSPS) is 18.1. The minimum Gasteiger partial charge on any atom is -0.443 e. The number of carbonyl (C=O) groups excluding carboxylic acids is 3. The highest BCUT2D eigenvalue weighted by molar-refractivity contribution is 5.90. The third kappa shape index (κ3) is 3.85. The van der Waals surface area contributed by atoms with Crippen molar-refractivity contribution in [3.05, 3.63) is 41.6 Å². The smallest absolute Gasteiger partial charge is 0.420 e. The predicted octanol–water partition coefficient (Wildman–Crippen LogP) is 4.18. The van der Waals surface area contributed by atoms with Crippen LogP contribution in [0.3, 0.4) is 0 Å². The number of nitrogens with one attached hydrogen (secondary N) is 1. The first-order valence-corrected chi connectivity index (χ1v) is 9.02. The van der Waals surface area contributed by atoms with E-state index in [0.29, 0.717) is 28.8 Å². The van der Waals surface area contributed by atoms with E-state index in [9.17, 15) is 19.6 Å². The fraction of sp³-hybridized carbons (Fsp3) is 0.333. The molecule has 150 valence electrons. The average molecular weight is 395 g/mol. The maximum absolute atomic E-state index is 12.7. The molecule has 2 heterocycles. The van der Waals surface area contributed by atoms with Gasteiger partial charge in [0.25, 0.3) is 0 Å². The van der Waals surface area contributed by atoms with Crippen molar-refractivity contribution in [1.82, 2.24) is 4.57 Å². The quantitative estimate of drug-likeness (QED) is 0.781. The van der Waals surface area contributed by atoms with Gasteiger partial charge in [-0.3, -0.25) is 5.32 Å². The van der Waals surface area contributed by atoms with Crippen molar-refractivity contribution < 1.29 is 23.9 Å². The number of aldehydes is 1. The van der Waals surface area contributed by atoms with Crippen molar-refractivity contribution in [3.63, 3.8) is 0 Å². The Morgan fingerprint density at radius 2 is 2.07 bits per heavy atom. The summed E-state index contributed by atoms with van der Waals surface area (Å²) in [6.07, 6.45) is -0.648. The van der Waals surface area contributed by atoms with E-state index in [0.717, 1.165) is 0 Å². The van der Waals surface area contributed by atoms with Crippen molar-refractivity contribution in [2.24, 2.45) is 0 Å². The monoisotopic (exact) mass is 395 g/mol. The topological polar surface area (TPSA) is 110 Å². The van der Waals surface area contributed by atoms with Crippen molar-refractivity contribution >= 4 is 24.2 Å². The molecule has 1 amide bonds. The van der Waals surface area contributed by atoms with E-state index in [2.05, 4.69) is 5.32 Å². The first-order valence-electron chi connectivity index (χ1n) is 9.02. The van der Waals surface area contributed by atoms with Crippen LogP contribution in [0.15, 0.2) is 30.3 Å². The molecule has 0 aliphatic carbocycles. The van der Waals surface area contributed by atoms with Gasteiger partial charge in [-0.1, -0.05) is 6.07 Å². The Kier molecular flexibility index (Phi) is 4.93. The zero-order chi connectivity index (χ0) is 21.4. The number of rotatable bonds is 3. The summed E-state index contributed by atoms with van der Waals surface area (Å²) < 4.78 is 12.0. The number of ether oxygens (including phenoxy) is 2. The molecule has 1 atom stereocenters. The third-order valence-electron chi connectivity index (χ3n) is 4.48. The van der Waals surface area contributed by atoms with Crippen LogP contribution in [0.5, 0.6) is 0 Å². The molecular weight excluding hydrogens is 374 g/mol. The zero-order valence-electron chi connectivity index (χ0n) is 16.6. The van der Waals surface area contributed by atoms with E-state index in [-0.39, 0.29) is 12.1 Å². The van der Waals surface area contributed by atoms with Gasteiger partial charge in [-0.15, -0.1) is 0 Å². The molecule has 0 spiro atoms. The first kappa shape index (κ1) is 20.1. The molecule has 3 rings (SSSR count). The van der Waals surface area contributed by atoms with E-state index in [1.54, 1.807) is 52.0 Å². The molecule has 8 nitrogen and oxygen atoms in total. The molecule has 29 heavy (non-hydrogen) atoms. The van der Waals surface area contributed by atoms with Crippen molar-refractivity contribution in [2.45, 2.75) is 45.3 Å². The molecule has 8 heteroatoms. The van der Waals surface area contributed by atoms with Crippen LogP contribution in [0.2, 0.25) is 0 Å². The van der Waals surface area contributed by atoms with Crippen molar-refractivity contribution in [3.8, 4) is 17.3 Å². The molecule has 1 aromatic carbocycles. The lowest BCUT2D eigenvalue weighted by Crippen LogP contribution is -2.37. The van der Waals surface area contributed by atoms with Gasteiger partial charge < -0.3 is 14.3 Å². The summed E-state index contributed by atoms with van der Waals surface area (Å²) in [5.41, 5.74) is 0.421. The Morgan fingerprint density at radius 1 is 1.34 bits per heavy atom. The number of nitriles is 1. The Bertz CT molecular complexity index is 1040. The van der Waals surface area contributed by atoms with E-state index < -0.39 is 23.4 Å². The number of aromatic nitrogens is 1. The number of carbonyl (C=O) groups is 3. The molecule has 2 aromatic rings. The van der Waals surface area contributed by atoms with Crippen LogP contribution in [0, 0.1) is 11.3 Å². The zero-order valence-corrected chi connectivity index (χ0v) is 16.6. The van der Waals surface area contributed by atoms with Gasteiger partial charge in [0.2, 0.25) is 0 Å². The number of cyclic esters (lactones) is 1. The summed E-state index contributed by atoms with van der Waals surface area (Å²) in [6.45, 7) is 6.87. The largest absolute Gasteiger partial charge is 0.443 e. The summed E-state index contributed by atoms with van der Waals surface area (Å²) in [6, 6.07) is 10.3. The summed E-state index contributed by atoms with van der Waals surface area (Å²) >= 11 is 0. The van der Waals surface area contributed by atoms with Crippen LogP contribution in [-0.2, 0) is 19.9 Å². The Morgan fingerprint density at radius 3 is 2.69 bits per heavy atom. The molecule has 0 saturated heterocycles. The van der Waals surface area contributed by atoms with Gasteiger partial charge in [0.05, 0.1) is 11.4 Å². The Hall–Kier alpha value is -3.60. The molecule has 1 aromatic heterocycles.